The molecule has 0 spiro atoms. The van der Waals surface area contributed by atoms with Crippen LogP contribution in [0.25, 0.3) is 0 Å². The monoisotopic (exact) mass is 518 g/mol. The highest BCUT2D eigenvalue weighted by Crippen LogP contribution is 2.33. The molecule has 2 aromatic rings. The summed E-state index contributed by atoms with van der Waals surface area (Å²) in [6.07, 6.45) is 4.30. The lowest BCUT2D eigenvalue weighted by molar-refractivity contribution is -0.116. The molecule has 0 saturated heterocycles. The Hall–Kier alpha value is -1.51. The van der Waals surface area contributed by atoms with Crippen LogP contribution < -0.4 is 10.1 Å². The second-order valence-electron chi connectivity index (χ2n) is 7.54. The van der Waals surface area contributed by atoms with Crippen molar-refractivity contribution < 1.29 is 17.9 Å². The fourth-order valence-electron chi connectivity index (χ4n) is 3.74. The van der Waals surface area contributed by atoms with Crippen molar-refractivity contribution in [2.45, 2.75) is 50.0 Å². The highest BCUT2D eigenvalue weighted by atomic mass is 35.5. The van der Waals surface area contributed by atoms with Crippen LogP contribution >= 0.6 is 34.8 Å². The van der Waals surface area contributed by atoms with Gasteiger partial charge in [0, 0.05) is 6.04 Å². The Morgan fingerprint density at radius 1 is 1.03 bits per heavy atom. The molecule has 0 aliphatic heterocycles. The number of hydrogen-bond donors (Lipinski definition) is 1. The largest absolute Gasteiger partial charge is 0.494 e. The summed E-state index contributed by atoms with van der Waals surface area (Å²) in [5, 5.41) is 3.37. The summed E-state index contributed by atoms with van der Waals surface area (Å²) < 4.78 is 33.7. The Labute approximate surface area is 203 Å². The van der Waals surface area contributed by atoms with Crippen molar-refractivity contribution in [2.75, 3.05) is 18.5 Å². The van der Waals surface area contributed by atoms with Crippen molar-refractivity contribution in [3.05, 3.63) is 51.5 Å². The third-order valence-electron chi connectivity index (χ3n) is 5.31. The lowest BCUT2D eigenvalue weighted by Gasteiger charge is -2.33. The number of nitrogens with zero attached hydrogens (tertiary/aromatic N) is 1. The molecule has 3 rings (SSSR count). The number of sulfonamides is 1. The molecule has 0 unspecified atom stereocenters. The SMILES string of the molecule is CCOc1ccc(S(=O)(=O)N(CC(=O)Nc2cc(Cl)c(Cl)cc2Cl)C2CCCCC2)cc1. The van der Waals surface area contributed by atoms with Crippen molar-refractivity contribution in [2.24, 2.45) is 0 Å². The molecule has 32 heavy (non-hydrogen) atoms. The molecule has 1 amide bonds. The number of carbonyl (C=O) groups excluding carboxylic acids is 1. The number of nitrogens with one attached hydrogen (secondary N) is 1. The van der Waals surface area contributed by atoms with Crippen LogP contribution in [0.2, 0.25) is 15.1 Å². The summed E-state index contributed by atoms with van der Waals surface area (Å²) in [4.78, 5) is 13.0. The van der Waals surface area contributed by atoms with Crippen molar-refractivity contribution >= 4 is 56.4 Å². The van der Waals surface area contributed by atoms with Gasteiger partial charge in [0.2, 0.25) is 15.9 Å². The Morgan fingerprint density at radius 3 is 2.28 bits per heavy atom. The van der Waals surface area contributed by atoms with E-state index in [-0.39, 0.29) is 38.2 Å². The molecular weight excluding hydrogens is 495 g/mol. The maximum absolute atomic E-state index is 13.5. The van der Waals surface area contributed by atoms with E-state index >= 15 is 0 Å². The lowest BCUT2D eigenvalue weighted by atomic mass is 9.95. The summed E-state index contributed by atoms with van der Waals surface area (Å²) in [5.74, 6) is 0.0769. The number of carbonyl (C=O) groups is 1. The van der Waals surface area contributed by atoms with Crippen LogP contribution in [0.1, 0.15) is 39.0 Å². The molecular formula is C22H25Cl3N2O4S. The summed E-state index contributed by atoms with van der Waals surface area (Å²) in [6, 6.07) is 8.85. The van der Waals surface area contributed by atoms with Gasteiger partial charge in [-0.2, -0.15) is 4.31 Å². The maximum atomic E-state index is 13.5. The van der Waals surface area contributed by atoms with Gasteiger partial charge in [0.05, 0.1) is 38.8 Å². The smallest absolute Gasteiger partial charge is 0.243 e. The first-order chi connectivity index (χ1) is 15.2. The van der Waals surface area contributed by atoms with Gasteiger partial charge < -0.3 is 10.1 Å². The standard InChI is InChI=1S/C22H25Cl3N2O4S/c1-2-31-16-8-10-17(11-9-16)32(29,30)27(15-6-4-3-5-7-15)14-22(28)26-21-13-19(24)18(23)12-20(21)25/h8-13,15H,2-7,14H2,1H3,(H,26,28). The quantitative estimate of drug-likeness (QED) is 0.434. The first-order valence-electron chi connectivity index (χ1n) is 10.4. The lowest BCUT2D eigenvalue weighted by Crippen LogP contribution is -2.45. The predicted octanol–water partition coefficient (Wildman–Crippen LogP) is 6.01. The molecule has 1 saturated carbocycles. The van der Waals surface area contributed by atoms with Crippen LogP contribution in [0, 0.1) is 0 Å². The Balaban J connectivity index is 1.85. The average Bonchev–Trinajstić information content (AvgIpc) is 2.77. The van der Waals surface area contributed by atoms with Gasteiger partial charge in [-0.3, -0.25) is 4.79 Å². The second-order valence-corrected chi connectivity index (χ2v) is 10.7. The fraction of sp³-hybridized carbons (Fsp3) is 0.409. The average molecular weight is 520 g/mol. The minimum atomic E-state index is -3.91. The minimum absolute atomic E-state index is 0.117. The van der Waals surface area contributed by atoms with Crippen LogP contribution in [-0.4, -0.2) is 37.8 Å². The van der Waals surface area contributed by atoms with E-state index in [1.54, 1.807) is 12.1 Å². The molecule has 6 nitrogen and oxygen atoms in total. The number of halogens is 3. The third-order valence-corrected chi connectivity index (χ3v) is 8.25. The van der Waals surface area contributed by atoms with E-state index in [0.29, 0.717) is 25.2 Å². The molecule has 2 aromatic carbocycles. The van der Waals surface area contributed by atoms with Crippen LogP contribution in [0.4, 0.5) is 5.69 Å². The molecule has 1 aliphatic rings. The van der Waals surface area contributed by atoms with Gasteiger partial charge in [-0.05, 0) is 56.2 Å². The zero-order chi connectivity index (χ0) is 23.3. The van der Waals surface area contributed by atoms with E-state index in [9.17, 15) is 13.2 Å². The topological polar surface area (TPSA) is 75.7 Å². The molecule has 0 radical (unpaired) electrons. The van der Waals surface area contributed by atoms with Gasteiger partial charge in [-0.15, -0.1) is 0 Å². The molecule has 10 heteroatoms. The molecule has 0 atom stereocenters. The van der Waals surface area contributed by atoms with Crippen molar-refractivity contribution in [1.29, 1.82) is 0 Å². The number of amides is 1. The molecule has 0 bridgehead atoms. The molecule has 174 valence electrons. The van der Waals surface area contributed by atoms with Gasteiger partial charge in [-0.25, -0.2) is 8.42 Å². The van der Waals surface area contributed by atoms with E-state index in [2.05, 4.69) is 5.32 Å². The molecule has 1 fully saturated rings. The van der Waals surface area contributed by atoms with E-state index in [4.69, 9.17) is 39.5 Å². The third kappa shape index (κ3) is 6.08. The van der Waals surface area contributed by atoms with E-state index < -0.39 is 15.9 Å². The zero-order valence-electron chi connectivity index (χ0n) is 17.6. The van der Waals surface area contributed by atoms with Crippen molar-refractivity contribution in [3.63, 3.8) is 0 Å². The molecule has 0 aromatic heterocycles. The fourth-order valence-corrected chi connectivity index (χ4v) is 5.97. The second kappa shape index (κ2) is 11.1. The van der Waals surface area contributed by atoms with Crippen LogP contribution in [-0.2, 0) is 14.8 Å². The van der Waals surface area contributed by atoms with Gasteiger partial charge in [0.1, 0.15) is 5.75 Å². The van der Waals surface area contributed by atoms with E-state index in [1.165, 1.54) is 28.6 Å². The summed E-state index contributed by atoms with van der Waals surface area (Å²) in [6.45, 7) is 2.00. The Morgan fingerprint density at radius 2 is 1.66 bits per heavy atom. The summed E-state index contributed by atoms with van der Waals surface area (Å²) in [5.41, 5.74) is 0.271. The number of rotatable bonds is 8. The number of hydrogen-bond acceptors (Lipinski definition) is 4. The summed E-state index contributed by atoms with van der Waals surface area (Å²) >= 11 is 18.1. The molecule has 0 heterocycles. The first-order valence-corrected chi connectivity index (χ1v) is 13.0. The predicted molar refractivity (Wildman–Crippen MR) is 128 cm³/mol. The Bertz CT molecular complexity index is 1060. The Kier molecular flexibility index (Phi) is 8.69. The van der Waals surface area contributed by atoms with Crippen LogP contribution in [0.15, 0.2) is 41.3 Å². The van der Waals surface area contributed by atoms with Crippen LogP contribution in [0.3, 0.4) is 0 Å². The van der Waals surface area contributed by atoms with Gasteiger partial charge >= 0.3 is 0 Å². The maximum Gasteiger partial charge on any atom is 0.243 e. The van der Waals surface area contributed by atoms with E-state index in [0.717, 1.165) is 19.3 Å². The number of benzene rings is 2. The first kappa shape index (κ1) is 25.1. The highest BCUT2D eigenvalue weighted by molar-refractivity contribution is 7.89. The minimum Gasteiger partial charge on any atom is -0.494 e. The highest BCUT2D eigenvalue weighted by Gasteiger charge is 2.34. The van der Waals surface area contributed by atoms with Gasteiger partial charge in [0.25, 0.3) is 0 Å². The zero-order valence-corrected chi connectivity index (χ0v) is 20.7. The summed E-state index contributed by atoms with van der Waals surface area (Å²) in [7, 11) is -3.91. The van der Waals surface area contributed by atoms with Crippen molar-refractivity contribution in [3.8, 4) is 5.75 Å². The molecule has 1 N–H and O–H groups in total. The molecule has 1 aliphatic carbocycles. The van der Waals surface area contributed by atoms with E-state index in [1.807, 2.05) is 6.92 Å². The van der Waals surface area contributed by atoms with Gasteiger partial charge in [0.15, 0.2) is 0 Å². The van der Waals surface area contributed by atoms with Gasteiger partial charge in [-0.1, -0.05) is 54.1 Å². The number of ether oxygens (including phenoxy) is 1. The van der Waals surface area contributed by atoms with Crippen LogP contribution in [0.5, 0.6) is 5.75 Å². The normalized spacial score (nSPS) is 15.0. The van der Waals surface area contributed by atoms with Crippen molar-refractivity contribution in [1.82, 2.24) is 4.31 Å². The number of anilines is 1.